The third-order valence-corrected chi connectivity index (χ3v) is 7.17. The zero-order valence-electron chi connectivity index (χ0n) is 14.9. The fourth-order valence-corrected chi connectivity index (χ4v) is 4.79. The lowest BCUT2D eigenvalue weighted by Gasteiger charge is -2.26. The van der Waals surface area contributed by atoms with Crippen LogP contribution in [-0.2, 0) is 21.2 Å². The molecule has 0 atom stereocenters. The quantitative estimate of drug-likeness (QED) is 0.577. The molecular weight excluding hydrogens is 446 g/mol. The van der Waals surface area contributed by atoms with Gasteiger partial charge in [-0.1, -0.05) is 39.3 Å². The molecule has 2 heterocycles. The lowest BCUT2D eigenvalue weighted by atomic mass is 10.1. The SMILES string of the molecule is O=S(=O)(c1ccc(-c2noc(Cc3ccccc3Br)n2)cc1)N1CCOCC1. The molecule has 2 aromatic carbocycles. The second kappa shape index (κ2) is 8.12. The van der Waals surface area contributed by atoms with Gasteiger partial charge in [-0.05, 0) is 35.9 Å². The van der Waals surface area contributed by atoms with Crippen molar-refractivity contribution in [2.75, 3.05) is 26.3 Å². The minimum absolute atomic E-state index is 0.245. The molecule has 0 amide bonds. The molecule has 1 aliphatic rings. The number of benzene rings is 2. The third kappa shape index (κ3) is 4.02. The zero-order valence-corrected chi connectivity index (χ0v) is 17.3. The maximum atomic E-state index is 12.7. The average molecular weight is 464 g/mol. The molecule has 0 unspecified atom stereocenters. The highest BCUT2D eigenvalue weighted by Crippen LogP contribution is 2.23. The summed E-state index contributed by atoms with van der Waals surface area (Å²) >= 11 is 3.51. The number of nitrogens with zero attached hydrogens (tertiary/aromatic N) is 3. The summed E-state index contributed by atoms with van der Waals surface area (Å²) in [6.45, 7) is 1.57. The van der Waals surface area contributed by atoms with Crippen molar-refractivity contribution in [3.63, 3.8) is 0 Å². The van der Waals surface area contributed by atoms with Crippen LogP contribution in [0.5, 0.6) is 0 Å². The van der Waals surface area contributed by atoms with E-state index >= 15 is 0 Å². The number of sulfonamides is 1. The van der Waals surface area contributed by atoms with Crippen molar-refractivity contribution in [3.05, 3.63) is 64.5 Å². The monoisotopic (exact) mass is 463 g/mol. The molecule has 1 saturated heterocycles. The van der Waals surface area contributed by atoms with Crippen LogP contribution < -0.4 is 0 Å². The summed E-state index contributed by atoms with van der Waals surface area (Å²) in [5.41, 5.74) is 1.74. The molecule has 28 heavy (non-hydrogen) atoms. The van der Waals surface area contributed by atoms with Crippen LogP contribution in [0, 0.1) is 0 Å². The van der Waals surface area contributed by atoms with Crippen molar-refractivity contribution in [2.45, 2.75) is 11.3 Å². The van der Waals surface area contributed by atoms with Crippen molar-refractivity contribution in [1.29, 1.82) is 0 Å². The molecule has 0 aliphatic carbocycles. The van der Waals surface area contributed by atoms with E-state index in [1.54, 1.807) is 24.3 Å². The fourth-order valence-electron chi connectivity index (χ4n) is 2.96. The van der Waals surface area contributed by atoms with Crippen molar-refractivity contribution >= 4 is 26.0 Å². The Kier molecular flexibility index (Phi) is 5.58. The number of aromatic nitrogens is 2. The number of hydrogen-bond acceptors (Lipinski definition) is 6. The summed E-state index contributed by atoms with van der Waals surface area (Å²) in [5, 5.41) is 4.02. The smallest absolute Gasteiger partial charge is 0.243 e. The molecule has 0 saturated carbocycles. The minimum Gasteiger partial charge on any atom is -0.379 e. The topological polar surface area (TPSA) is 85.5 Å². The van der Waals surface area contributed by atoms with Gasteiger partial charge in [-0.15, -0.1) is 0 Å². The van der Waals surface area contributed by atoms with E-state index in [4.69, 9.17) is 9.26 Å². The van der Waals surface area contributed by atoms with Gasteiger partial charge in [0.05, 0.1) is 24.5 Å². The van der Waals surface area contributed by atoms with E-state index in [2.05, 4.69) is 26.1 Å². The van der Waals surface area contributed by atoms with Crippen molar-refractivity contribution in [2.24, 2.45) is 0 Å². The van der Waals surface area contributed by atoms with Crippen LogP contribution in [0.2, 0.25) is 0 Å². The lowest BCUT2D eigenvalue weighted by Crippen LogP contribution is -2.40. The molecular formula is C19H18BrN3O4S. The van der Waals surface area contributed by atoms with Gasteiger partial charge in [0.25, 0.3) is 0 Å². The number of halogens is 1. The predicted octanol–water partition coefficient (Wildman–Crippen LogP) is 3.11. The first-order valence-corrected chi connectivity index (χ1v) is 11.0. The maximum absolute atomic E-state index is 12.7. The highest BCUT2D eigenvalue weighted by molar-refractivity contribution is 9.10. The predicted molar refractivity (Wildman–Crippen MR) is 106 cm³/mol. The van der Waals surface area contributed by atoms with Crippen LogP contribution in [0.4, 0.5) is 0 Å². The Morgan fingerprint density at radius 3 is 2.46 bits per heavy atom. The van der Waals surface area contributed by atoms with Gasteiger partial charge in [0.2, 0.25) is 21.7 Å². The maximum Gasteiger partial charge on any atom is 0.243 e. The Morgan fingerprint density at radius 1 is 1.04 bits per heavy atom. The van der Waals surface area contributed by atoms with Crippen molar-refractivity contribution in [1.82, 2.24) is 14.4 Å². The first-order chi connectivity index (χ1) is 13.5. The molecule has 1 aromatic heterocycles. The first-order valence-electron chi connectivity index (χ1n) is 8.78. The van der Waals surface area contributed by atoms with Crippen LogP contribution in [0.25, 0.3) is 11.4 Å². The van der Waals surface area contributed by atoms with Crippen molar-refractivity contribution in [3.8, 4) is 11.4 Å². The Labute approximate surface area is 171 Å². The molecule has 1 fully saturated rings. The Morgan fingerprint density at radius 2 is 1.75 bits per heavy atom. The standard InChI is InChI=1S/C19H18BrN3O4S/c20-17-4-2-1-3-15(17)13-18-21-19(22-27-18)14-5-7-16(8-6-14)28(24,25)23-9-11-26-12-10-23/h1-8H,9-13H2. The fraction of sp³-hybridized carbons (Fsp3) is 0.263. The van der Waals surface area contributed by atoms with Crippen LogP contribution >= 0.6 is 15.9 Å². The molecule has 0 radical (unpaired) electrons. The van der Waals surface area contributed by atoms with Gasteiger partial charge in [-0.25, -0.2) is 8.42 Å². The summed E-state index contributed by atoms with van der Waals surface area (Å²) < 4.78 is 38.4. The summed E-state index contributed by atoms with van der Waals surface area (Å²) in [6, 6.07) is 14.4. The van der Waals surface area contributed by atoms with Crippen LogP contribution in [0.15, 0.2) is 62.4 Å². The van der Waals surface area contributed by atoms with Crippen molar-refractivity contribution < 1.29 is 17.7 Å². The van der Waals surface area contributed by atoms with Crippen LogP contribution in [0.3, 0.4) is 0 Å². The summed E-state index contributed by atoms with van der Waals surface area (Å²) in [6.07, 6.45) is 0.512. The van der Waals surface area contributed by atoms with Gasteiger partial charge in [-0.2, -0.15) is 9.29 Å². The van der Waals surface area contributed by atoms with Gasteiger partial charge in [-0.3, -0.25) is 0 Å². The van der Waals surface area contributed by atoms with E-state index < -0.39 is 10.0 Å². The molecule has 4 rings (SSSR count). The number of rotatable bonds is 5. The van der Waals surface area contributed by atoms with Crippen LogP contribution in [0.1, 0.15) is 11.5 Å². The van der Waals surface area contributed by atoms with Gasteiger partial charge in [0.1, 0.15) is 0 Å². The summed E-state index contributed by atoms with van der Waals surface area (Å²) in [5.74, 6) is 0.921. The molecule has 9 heteroatoms. The normalized spacial score (nSPS) is 15.6. The molecule has 0 bridgehead atoms. The largest absolute Gasteiger partial charge is 0.379 e. The zero-order chi connectivity index (χ0) is 19.6. The number of ether oxygens (including phenoxy) is 1. The highest BCUT2D eigenvalue weighted by atomic mass is 79.9. The van der Waals surface area contributed by atoms with E-state index in [9.17, 15) is 8.42 Å². The second-order valence-corrected chi connectivity index (χ2v) is 9.11. The number of morpholine rings is 1. The van der Waals surface area contributed by atoms with Gasteiger partial charge in [0, 0.05) is 23.1 Å². The van der Waals surface area contributed by atoms with E-state index in [0.29, 0.717) is 50.0 Å². The first kappa shape index (κ1) is 19.3. The average Bonchev–Trinajstić information content (AvgIpc) is 3.19. The minimum atomic E-state index is -3.52. The van der Waals surface area contributed by atoms with E-state index in [1.165, 1.54) is 4.31 Å². The Balaban J connectivity index is 1.51. The highest BCUT2D eigenvalue weighted by Gasteiger charge is 2.26. The summed E-state index contributed by atoms with van der Waals surface area (Å²) in [7, 11) is -3.52. The molecule has 0 N–H and O–H groups in total. The van der Waals surface area contributed by atoms with E-state index in [1.807, 2.05) is 24.3 Å². The van der Waals surface area contributed by atoms with E-state index in [-0.39, 0.29) is 4.90 Å². The third-order valence-electron chi connectivity index (χ3n) is 4.49. The molecule has 0 spiro atoms. The Bertz CT molecular complexity index is 1060. The Hall–Kier alpha value is -2.07. The molecule has 3 aromatic rings. The van der Waals surface area contributed by atoms with E-state index in [0.717, 1.165) is 10.0 Å². The molecule has 7 nitrogen and oxygen atoms in total. The molecule has 146 valence electrons. The second-order valence-electron chi connectivity index (χ2n) is 6.32. The van der Waals surface area contributed by atoms with Crippen LogP contribution in [-0.4, -0.2) is 49.2 Å². The molecule has 1 aliphatic heterocycles. The number of hydrogen-bond donors (Lipinski definition) is 0. The lowest BCUT2D eigenvalue weighted by molar-refractivity contribution is 0.0730. The van der Waals surface area contributed by atoms with Gasteiger partial charge >= 0.3 is 0 Å². The van der Waals surface area contributed by atoms with Gasteiger partial charge < -0.3 is 9.26 Å². The van der Waals surface area contributed by atoms with Gasteiger partial charge in [0.15, 0.2) is 0 Å². The summed E-state index contributed by atoms with van der Waals surface area (Å²) in [4.78, 5) is 4.67.